The van der Waals surface area contributed by atoms with Crippen LogP contribution in [0.5, 0.6) is 0 Å². The summed E-state index contributed by atoms with van der Waals surface area (Å²) >= 11 is 6.08. The Hall–Kier alpha value is -0.290. The summed E-state index contributed by atoms with van der Waals surface area (Å²) in [5, 5.41) is 5.53. The first-order valence-corrected chi connectivity index (χ1v) is 12.6. The van der Waals surface area contributed by atoms with Gasteiger partial charge in [0.25, 0.3) is 0 Å². The smallest absolute Gasteiger partial charge is 0.318 e. The number of unbranched alkanes of at least 4 members (excludes halogenated alkanes) is 3. The number of carbonyl (C=O) groups excluding carboxylic acids is 4. The number of nitrogens with one attached hydrogen (secondary N) is 2. The minimum Gasteiger partial charge on any atom is -0.465 e. The third-order valence-corrected chi connectivity index (χ3v) is 7.76. The quantitative estimate of drug-likeness (QED) is 0.110. The van der Waals surface area contributed by atoms with Crippen molar-refractivity contribution in [1.82, 2.24) is 10.6 Å². The van der Waals surface area contributed by atoms with E-state index in [-0.39, 0.29) is 18.4 Å². The maximum Gasteiger partial charge on any atom is 0.318 e. The number of aldehydes is 1. The van der Waals surface area contributed by atoms with Crippen molar-refractivity contribution in [2.75, 3.05) is 13.2 Å². The largest absolute Gasteiger partial charge is 0.465 e. The van der Waals surface area contributed by atoms with Crippen LogP contribution in [0, 0.1) is 5.92 Å². The molecule has 0 aromatic rings. The second-order valence-electron chi connectivity index (χ2n) is 6.47. The van der Waals surface area contributed by atoms with E-state index in [1.54, 1.807) is 6.92 Å². The summed E-state index contributed by atoms with van der Waals surface area (Å²) in [5.41, 5.74) is 0.850. The van der Waals surface area contributed by atoms with Crippen LogP contribution in [0.25, 0.3) is 0 Å². The van der Waals surface area contributed by atoms with Gasteiger partial charge in [-0.3, -0.25) is 14.4 Å². The molecule has 0 aliphatic heterocycles. The normalized spacial score (nSPS) is 21.3. The van der Waals surface area contributed by atoms with Crippen LogP contribution in [0.3, 0.4) is 0 Å². The number of ether oxygens (including phenoxy) is 2. The van der Waals surface area contributed by atoms with E-state index in [1.165, 1.54) is 13.8 Å². The van der Waals surface area contributed by atoms with Crippen molar-refractivity contribution in [1.29, 1.82) is 0 Å². The third-order valence-electron chi connectivity index (χ3n) is 4.05. The lowest BCUT2D eigenvalue weighted by Gasteiger charge is -2.40. The van der Waals surface area contributed by atoms with E-state index >= 15 is 0 Å². The SMILES string of the molecule is CCOC1(I)C(NC(C)=O)=C(I)C(NC(C)=O)=C(I)C1C(=O)OCCCCCC=O. The number of carbonyl (C=O) groups is 4. The molecule has 168 valence electrons. The number of esters is 1. The maximum atomic E-state index is 13.1. The first-order chi connectivity index (χ1) is 14.1. The molecule has 2 atom stereocenters. The van der Waals surface area contributed by atoms with Crippen LogP contribution in [-0.2, 0) is 28.7 Å². The second-order valence-corrected chi connectivity index (χ2v) is 10.3. The molecule has 2 unspecified atom stereocenters. The lowest BCUT2D eigenvalue weighted by atomic mass is 9.92. The maximum absolute atomic E-state index is 13.1. The Bertz CT molecular complexity index is 753. The molecule has 0 bridgehead atoms. The molecule has 0 saturated carbocycles. The first kappa shape index (κ1) is 27.7. The Kier molecular flexibility index (Phi) is 12.3. The molecule has 30 heavy (non-hydrogen) atoms. The number of allylic oxidation sites excluding steroid dienone is 1. The summed E-state index contributed by atoms with van der Waals surface area (Å²) in [6.07, 6.45) is 3.52. The van der Waals surface area contributed by atoms with Gasteiger partial charge in [-0.2, -0.15) is 0 Å². The summed E-state index contributed by atoms with van der Waals surface area (Å²) in [6.45, 7) is 5.05. The lowest BCUT2D eigenvalue weighted by molar-refractivity contribution is -0.152. The van der Waals surface area contributed by atoms with Crippen LogP contribution >= 0.6 is 67.8 Å². The predicted octanol–water partition coefficient (Wildman–Crippen LogP) is 3.65. The fourth-order valence-electron chi connectivity index (χ4n) is 2.82. The Balaban J connectivity index is 3.28. The van der Waals surface area contributed by atoms with Crippen LogP contribution in [-0.4, -0.2) is 40.9 Å². The van der Waals surface area contributed by atoms with Gasteiger partial charge in [-0.25, -0.2) is 0 Å². The molecule has 0 heterocycles. The Labute approximate surface area is 217 Å². The fourth-order valence-corrected chi connectivity index (χ4v) is 7.79. The standard InChI is InChI=1S/C19H25I3N2O6/c1-4-30-19(22)13(18(28)29-10-8-6-5-7-9-25)14(20)16(23-11(2)26)15(21)17(19)24-12(3)27/h9,13H,4-8,10H2,1-3H3,(H,23,26)(H,24,27). The number of hydrogen-bond acceptors (Lipinski definition) is 6. The number of amides is 2. The summed E-state index contributed by atoms with van der Waals surface area (Å²) in [6, 6.07) is 0. The van der Waals surface area contributed by atoms with Gasteiger partial charge in [0.2, 0.25) is 11.8 Å². The lowest BCUT2D eigenvalue weighted by Crippen LogP contribution is -2.50. The van der Waals surface area contributed by atoms with Gasteiger partial charge in [-0.15, -0.1) is 0 Å². The highest BCUT2D eigenvalue weighted by Crippen LogP contribution is 2.51. The zero-order valence-electron chi connectivity index (χ0n) is 17.0. The zero-order valence-corrected chi connectivity index (χ0v) is 23.5. The van der Waals surface area contributed by atoms with Crippen LogP contribution in [0.2, 0.25) is 0 Å². The van der Waals surface area contributed by atoms with Gasteiger partial charge in [0, 0.05) is 30.5 Å². The molecule has 0 spiro atoms. The van der Waals surface area contributed by atoms with Crippen LogP contribution in [0.1, 0.15) is 46.5 Å². The molecule has 2 amide bonds. The van der Waals surface area contributed by atoms with Crippen molar-refractivity contribution in [2.24, 2.45) is 5.92 Å². The summed E-state index contributed by atoms with van der Waals surface area (Å²) in [5.74, 6) is -2.00. The third kappa shape index (κ3) is 7.39. The highest BCUT2D eigenvalue weighted by atomic mass is 127. The molecule has 2 N–H and O–H groups in total. The van der Waals surface area contributed by atoms with E-state index in [4.69, 9.17) is 9.47 Å². The zero-order chi connectivity index (χ0) is 22.9. The Morgan fingerprint density at radius 2 is 1.73 bits per heavy atom. The van der Waals surface area contributed by atoms with Crippen molar-refractivity contribution in [3.63, 3.8) is 0 Å². The summed E-state index contributed by atoms with van der Waals surface area (Å²) in [4.78, 5) is 47.1. The fraction of sp³-hybridized carbons (Fsp3) is 0.579. The molecule has 0 saturated heterocycles. The van der Waals surface area contributed by atoms with Crippen LogP contribution in [0.15, 0.2) is 18.6 Å². The van der Waals surface area contributed by atoms with Gasteiger partial charge < -0.3 is 24.9 Å². The highest BCUT2D eigenvalue weighted by molar-refractivity contribution is 14.1. The van der Waals surface area contributed by atoms with Crippen molar-refractivity contribution >= 4 is 91.8 Å². The molecule has 0 aromatic carbocycles. The van der Waals surface area contributed by atoms with Gasteiger partial charge in [0.1, 0.15) is 12.2 Å². The monoisotopic (exact) mass is 758 g/mol. The van der Waals surface area contributed by atoms with Crippen LogP contribution in [0.4, 0.5) is 0 Å². The van der Waals surface area contributed by atoms with E-state index in [1.807, 2.05) is 67.8 Å². The van der Waals surface area contributed by atoms with E-state index in [0.29, 0.717) is 38.0 Å². The van der Waals surface area contributed by atoms with Crippen molar-refractivity contribution in [2.45, 2.75) is 50.1 Å². The molecule has 1 aliphatic carbocycles. The Morgan fingerprint density at radius 1 is 1.10 bits per heavy atom. The predicted molar refractivity (Wildman–Crippen MR) is 137 cm³/mol. The molecule has 11 heteroatoms. The highest BCUT2D eigenvalue weighted by Gasteiger charge is 2.53. The average molecular weight is 758 g/mol. The number of alkyl halides is 1. The van der Waals surface area contributed by atoms with E-state index < -0.39 is 15.5 Å². The molecular weight excluding hydrogens is 733 g/mol. The van der Waals surface area contributed by atoms with Gasteiger partial charge in [0.15, 0.2) is 3.61 Å². The van der Waals surface area contributed by atoms with E-state index in [9.17, 15) is 19.2 Å². The van der Waals surface area contributed by atoms with Crippen LogP contribution < -0.4 is 10.6 Å². The summed E-state index contributed by atoms with van der Waals surface area (Å²) < 4.78 is 11.4. The topological polar surface area (TPSA) is 111 Å². The van der Waals surface area contributed by atoms with E-state index in [2.05, 4.69) is 10.6 Å². The minimum atomic E-state index is -1.21. The molecule has 8 nitrogen and oxygen atoms in total. The van der Waals surface area contributed by atoms with Crippen molar-refractivity contribution in [3.05, 3.63) is 18.6 Å². The Morgan fingerprint density at radius 3 is 2.27 bits per heavy atom. The molecular formula is C19H25I3N2O6. The van der Waals surface area contributed by atoms with Gasteiger partial charge >= 0.3 is 5.97 Å². The van der Waals surface area contributed by atoms with Crippen molar-refractivity contribution < 1.29 is 28.7 Å². The minimum absolute atomic E-state index is 0.211. The molecule has 0 aromatic heterocycles. The molecule has 0 fully saturated rings. The van der Waals surface area contributed by atoms with Gasteiger partial charge in [-0.05, 0) is 94.0 Å². The molecule has 0 radical (unpaired) electrons. The van der Waals surface area contributed by atoms with Gasteiger partial charge in [-0.1, -0.05) is 0 Å². The van der Waals surface area contributed by atoms with E-state index in [0.717, 1.165) is 19.1 Å². The van der Waals surface area contributed by atoms with Gasteiger partial charge in [0.05, 0.1) is 21.6 Å². The summed E-state index contributed by atoms with van der Waals surface area (Å²) in [7, 11) is 0. The second kappa shape index (κ2) is 13.3. The number of hydrogen-bond donors (Lipinski definition) is 2. The molecule has 1 rings (SSSR count). The molecule has 1 aliphatic rings. The number of halogens is 3. The number of rotatable bonds is 11. The first-order valence-electron chi connectivity index (χ1n) is 9.38. The van der Waals surface area contributed by atoms with Crippen molar-refractivity contribution in [3.8, 4) is 0 Å². The average Bonchev–Trinajstić information content (AvgIpc) is 2.65.